The molecule has 3 N–H and O–H groups in total. The van der Waals surface area contributed by atoms with Gasteiger partial charge in [0.1, 0.15) is 5.69 Å². The van der Waals surface area contributed by atoms with Crippen LogP contribution in [0.4, 0.5) is 5.69 Å². The van der Waals surface area contributed by atoms with Crippen LogP contribution in [0.1, 0.15) is 22.5 Å². The van der Waals surface area contributed by atoms with E-state index in [1.54, 1.807) is 30.3 Å². The van der Waals surface area contributed by atoms with E-state index >= 15 is 0 Å². The van der Waals surface area contributed by atoms with Crippen molar-refractivity contribution in [3.05, 3.63) is 52.7 Å². The predicted molar refractivity (Wildman–Crippen MR) is 99.2 cm³/mol. The fourth-order valence-corrected chi connectivity index (χ4v) is 3.14. The summed E-state index contributed by atoms with van der Waals surface area (Å²) in [6, 6.07) is 10.5. The molecule has 0 radical (unpaired) electrons. The third kappa shape index (κ3) is 3.21. The summed E-state index contributed by atoms with van der Waals surface area (Å²) in [5, 5.41) is 13.9. The third-order valence-corrected chi connectivity index (χ3v) is 4.42. The van der Waals surface area contributed by atoms with Crippen molar-refractivity contribution in [1.82, 2.24) is 4.98 Å². The van der Waals surface area contributed by atoms with E-state index in [4.69, 9.17) is 21.1 Å². The Labute approximate surface area is 154 Å². The lowest BCUT2D eigenvalue weighted by molar-refractivity contribution is 0.102. The van der Waals surface area contributed by atoms with E-state index < -0.39 is 0 Å². The van der Waals surface area contributed by atoms with Crippen LogP contribution in [0.3, 0.4) is 0 Å². The number of anilines is 1. The number of carbonyl (C=O) groups is 1. The minimum atomic E-state index is -0.296. The highest BCUT2D eigenvalue weighted by atomic mass is 35.5. The molecule has 134 valence electrons. The molecule has 6 nitrogen and oxygen atoms in total. The molecule has 3 aromatic rings. The number of hydrogen-bond donors (Lipinski definition) is 3. The molecule has 26 heavy (non-hydrogen) atoms. The number of halogens is 1. The average molecular weight is 373 g/mol. The van der Waals surface area contributed by atoms with Gasteiger partial charge in [-0.3, -0.25) is 4.79 Å². The Morgan fingerprint density at radius 1 is 1.19 bits per heavy atom. The van der Waals surface area contributed by atoms with Gasteiger partial charge in [0.15, 0.2) is 11.5 Å². The summed E-state index contributed by atoms with van der Waals surface area (Å²) in [6.07, 6.45) is 0.763. The fourth-order valence-electron chi connectivity index (χ4n) is 2.96. The molecule has 0 fully saturated rings. The Hall–Kier alpha value is -2.70. The van der Waals surface area contributed by atoms with E-state index in [0.717, 1.165) is 17.3 Å². The molecular formula is C19H17ClN2O4. The SMILES string of the molecule is O=C(Nc1cc(CO)c2c(c1)OCCCO2)c1cc2cc(Cl)ccc2[nH]1. The Morgan fingerprint density at radius 2 is 2.04 bits per heavy atom. The summed E-state index contributed by atoms with van der Waals surface area (Å²) in [7, 11) is 0. The first kappa shape index (κ1) is 16.8. The second-order valence-electron chi connectivity index (χ2n) is 6.04. The monoisotopic (exact) mass is 372 g/mol. The molecule has 0 bridgehead atoms. The van der Waals surface area contributed by atoms with Crippen molar-refractivity contribution >= 4 is 34.1 Å². The van der Waals surface area contributed by atoms with Gasteiger partial charge < -0.3 is 24.9 Å². The van der Waals surface area contributed by atoms with Crippen LogP contribution < -0.4 is 14.8 Å². The van der Waals surface area contributed by atoms with Crippen LogP contribution in [0.5, 0.6) is 11.5 Å². The highest BCUT2D eigenvalue weighted by Gasteiger charge is 2.18. The first-order valence-corrected chi connectivity index (χ1v) is 8.65. The van der Waals surface area contributed by atoms with Gasteiger partial charge in [-0.2, -0.15) is 0 Å². The number of H-pyrrole nitrogens is 1. The molecule has 1 amide bonds. The number of aliphatic hydroxyl groups is 1. The van der Waals surface area contributed by atoms with Crippen molar-refractivity contribution in [3.63, 3.8) is 0 Å². The predicted octanol–water partition coefficient (Wildman–Crippen LogP) is 3.73. The minimum absolute atomic E-state index is 0.208. The second kappa shape index (κ2) is 6.90. The number of benzene rings is 2. The van der Waals surface area contributed by atoms with E-state index in [0.29, 0.717) is 46.7 Å². The van der Waals surface area contributed by atoms with Gasteiger partial charge in [0.25, 0.3) is 5.91 Å². The lowest BCUT2D eigenvalue weighted by Gasteiger charge is -2.14. The van der Waals surface area contributed by atoms with Gasteiger partial charge in [-0.1, -0.05) is 11.6 Å². The summed E-state index contributed by atoms with van der Waals surface area (Å²) in [5.74, 6) is 0.756. The first-order valence-electron chi connectivity index (χ1n) is 8.27. The Morgan fingerprint density at radius 3 is 2.88 bits per heavy atom. The van der Waals surface area contributed by atoms with Gasteiger partial charge in [0.2, 0.25) is 0 Å². The van der Waals surface area contributed by atoms with E-state index in [2.05, 4.69) is 10.3 Å². The van der Waals surface area contributed by atoms with Gasteiger partial charge in [-0.15, -0.1) is 0 Å². The number of aromatic nitrogens is 1. The lowest BCUT2D eigenvalue weighted by Crippen LogP contribution is -2.13. The lowest BCUT2D eigenvalue weighted by atomic mass is 10.1. The van der Waals surface area contributed by atoms with Crippen LogP contribution in [-0.4, -0.2) is 29.2 Å². The van der Waals surface area contributed by atoms with Crippen molar-refractivity contribution in [2.75, 3.05) is 18.5 Å². The number of rotatable bonds is 3. The molecule has 0 saturated carbocycles. The molecule has 1 aliphatic rings. The molecule has 0 saturated heterocycles. The molecule has 2 aromatic carbocycles. The number of hydrogen-bond acceptors (Lipinski definition) is 4. The van der Waals surface area contributed by atoms with Crippen LogP contribution in [0, 0.1) is 0 Å². The van der Waals surface area contributed by atoms with E-state index in [-0.39, 0.29) is 12.5 Å². The Balaban J connectivity index is 1.63. The van der Waals surface area contributed by atoms with Gasteiger partial charge in [0.05, 0.1) is 19.8 Å². The number of amides is 1. The summed E-state index contributed by atoms with van der Waals surface area (Å²) in [6.45, 7) is 0.849. The van der Waals surface area contributed by atoms with Crippen molar-refractivity contribution < 1.29 is 19.4 Å². The quantitative estimate of drug-likeness (QED) is 0.654. The van der Waals surface area contributed by atoms with Gasteiger partial charge in [-0.05, 0) is 30.3 Å². The molecule has 0 spiro atoms. The van der Waals surface area contributed by atoms with Crippen molar-refractivity contribution in [2.24, 2.45) is 0 Å². The fraction of sp³-hybridized carbons (Fsp3) is 0.211. The summed E-state index contributed by atoms with van der Waals surface area (Å²) in [4.78, 5) is 15.7. The zero-order chi connectivity index (χ0) is 18.1. The van der Waals surface area contributed by atoms with Crippen LogP contribution in [0.2, 0.25) is 5.02 Å². The normalized spacial score (nSPS) is 13.5. The molecule has 4 rings (SSSR count). The Kier molecular flexibility index (Phi) is 4.44. The van der Waals surface area contributed by atoms with Crippen LogP contribution in [-0.2, 0) is 6.61 Å². The molecule has 0 unspecified atom stereocenters. The maximum atomic E-state index is 12.6. The standard InChI is InChI=1S/C19H17ClN2O4/c20-13-2-3-15-11(6-13)8-16(22-15)19(24)21-14-7-12(10-23)18-17(9-14)25-4-1-5-26-18/h2-3,6-9,22-23H,1,4-5,10H2,(H,21,24). The molecule has 1 aromatic heterocycles. The number of aromatic amines is 1. The molecular weight excluding hydrogens is 356 g/mol. The van der Waals surface area contributed by atoms with Gasteiger partial charge in [-0.25, -0.2) is 0 Å². The van der Waals surface area contributed by atoms with E-state index in [9.17, 15) is 9.90 Å². The van der Waals surface area contributed by atoms with E-state index in [1.165, 1.54) is 0 Å². The first-order chi connectivity index (χ1) is 12.6. The number of nitrogens with one attached hydrogen (secondary N) is 2. The topological polar surface area (TPSA) is 83.6 Å². The van der Waals surface area contributed by atoms with Crippen LogP contribution >= 0.6 is 11.6 Å². The van der Waals surface area contributed by atoms with Gasteiger partial charge >= 0.3 is 0 Å². The molecule has 0 atom stereocenters. The van der Waals surface area contributed by atoms with Gasteiger partial charge in [0, 0.05) is 39.7 Å². The molecule has 1 aliphatic heterocycles. The summed E-state index contributed by atoms with van der Waals surface area (Å²) < 4.78 is 11.3. The van der Waals surface area contributed by atoms with Crippen LogP contribution in [0.15, 0.2) is 36.4 Å². The number of aliphatic hydroxyl groups excluding tert-OH is 1. The van der Waals surface area contributed by atoms with Crippen molar-refractivity contribution in [3.8, 4) is 11.5 Å². The minimum Gasteiger partial charge on any atom is -0.489 e. The van der Waals surface area contributed by atoms with Crippen molar-refractivity contribution in [1.29, 1.82) is 0 Å². The number of ether oxygens (including phenoxy) is 2. The molecule has 2 heterocycles. The zero-order valence-electron chi connectivity index (χ0n) is 13.8. The number of carbonyl (C=O) groups excluding carboxylic acids is 1. The van der Waals surface area contributed by atoms with Crippen molar-refractivity contribution in [2.45, 2.75) is 13.0 Å². The Bertz CT molecular complexity index is 983. The third-order valence-electron chi connectivity index (χ3n) is 4.18. The largest absolute Gasteiger partial charge is 0.489 e. The average Bonchev–Trinajstić information content (AvgIpc) is 2.91. The maximum absolute atomic E-state index is 12.6. The second-order valence-corrected chi connectivity index (χ2v) is 6.48. The highest BCUT2D eigenvalue weighted by molar-refractivity contribution is 6.31. The smallest absolute Gasteiger partial charge is 0.272 e. The maximum Gasteiger partial charge on any atom is 0.272 e. The number of fused-ring (bicyclic) bond motifs is 2. The summed E-state index contributed by atoms with van der Waals surface area (Å²) in [5.41, 5.74) is 2.34. The highest BCUT2D eigenvalue weighted by Crippen LogP contribution is 2.36. The summed E-state index contributed by atoms with van der Waals surface area (Å²) >= 11 is 5.99. The van der Waals surface area contributed by atoms with Crippen LogP contribution in [0.25, 0.3) is 10.9 Å². The molecule has 7 heteroatoms. The zero-order valence-corrected chi connectivity index (χ0v) is 14.6. The van der Waals surface area contributed by atoms with E-state index in [1.807, 2.05) is 6.07 Å². The molecule has 0 aliphatic carbocycles.